The average molecular weight is 335 g/mol. The van der Waals surface area contributed by atoms with Crippen LogP contribution in [-0.4, -0.2) is 34.5 Å². The van der Waals surface area contributed by atoms with Gasteiger partial charge in [0, 0.05) is 5.41 Å². The van der Waals surface area contributed by atoms with Crippen LogP contribution in [0.2, 0.25) is 0 Å². The summed E-state index contributed by atoms with van der Waals surface area (Å²) in [5.41, 5.74) is -0.113. The molecule has 0 radical (unpaired) electrons. The molecule has 1 aliphatic carbocycles. The first-order chi connectivity index (χ1) is 10.9. The average Bonchev–Trinajstić information content (AvgIpc) is 3.19. The van der Waals surface area contributed by atoms with Crippen LogP contribution >= 0.6 is 0 Å². The van der Waals surface area contributed by atoms with Crippen molar-refractivity contribution in [3.05, 3.63) is 30.6 Å². The Morgan fingerprint density at radius 3 is 2.70 bits per heavy atom. The molecule has 1 aromatic carbocycles. The van der Waals surface area contributed by atoms with Crippen molar-refractivity contribution in [3.63, 3.8) is 0 Å². The van der Waals surface area contributed by atoms with Crippen LogP contribution < -0.4 is 4.72 Å². The van der Waals surface area contributed by atoms with Crippen LogP contribution in [-0.2, 0) is 14.8 Å². The monoisotopic (exact) mass is 335 g/mol. The second-order valence-corrected chi connectivity index (χ2v) is 7.64. The van der Waals surface area contributed by atoms with Gasteiger partial charge in [-0.15, -0.1) is 5.10 Å². The summed E-state index contributed by atoms with van der Waals surface area (Å²) in [4.78, 5) is 12.3. The molecule has 1 fully saturated rings. The van der Waals surface area contributed by atoms with Crippen LogP contribution in [0.1, 0.15) is 32.6 Å². The van der Waals surface area contributed by atoms with E-state index in [4.69, 9.17) is 0 Å². The summed E-state index contributed by atoms with van der Waals surface area (Å²) in [6, 6.07) is 6.10. The Bertz CT molecular complexity index is 811. The molecule has 1 amide bonds. The smallest absolute Gasteiger partial charge is 0.264 e. The highest BCUT2D eigenvalue weighted by molar-refractivity contribution is 7.90. The third-order valence-electron chi connectivity index (χ3n) is 4.22. The molecule has 3 rings (SSSR count). The molecule has 8 nitrogen and oxygen atoms in total. The molecule has 1 saturated carbocycles. The van der Waals surface area contributed by atoms with Gasteiger partial charge in [0.2, 0.25) is 5.91 Å². The summed E-state index contributed by atoms with van der Waals surface area (Å²) in [6.45, 7) is 1.81. The molecular formula is C14H17N5O3S. The lowest BCUT2D eigenvalue weighted by Gasteiger charge is -2.22. The van der Waals surface area contributed by atoms with Gasteiger partial charge in [0.1, 0.15) is 6.33 Å². The van der Waals surface area contributed by atoms with Crippen molar-refractivity contribution >= 4 is 15.9 Å². The van der Waals surface area contributed by atoms with Crippen LogP contribution in [0.3, 0.4) is 0 Å². The van der Waals surface area contributed by atoms with Crippen molar-refractivity contribution in [2.75, 3.05) is 0 Å². The molecule has 0 saturated heterocycles. The van der Waals surface area contributed by atoms with Crippen molar-refractivity contribution in [2.24, 2.45) is 5.41 Å². The summed E-state index contributed by atoms with van der Waals surface area (Å²) in [5.74, 6) is -0.442. The lowest BCUT2D eigenvalue weighted by molar-refractivity contribution is -0.127. The lowest BCUT2D eigenvalue weighted by atomic mass is 9.88. The fraction of sp³-hybridized carbons (Fsp3) is 0.429. The molecule has 0 bridgehead atoms. The van der Waals surface area contributed by atoms with Crippen LogP contribution in [0, 0.1) is 5.41 Å². The number of tetrazole rings is 1. The van der Waals surface area contributed by atoms with Crippen molar-refractivity contribution in [1.82, 2.24) is 24.9 Å². The maximum Gasteiger partial charge on any atom is 0.264 e. The molecule has 9 heteroatoms. The third kappa shape index (κ3) is 3.09. The molecule has 1 aliphatic rings. The fourth-order valence-electron chi connectivity index (χ4n) is 2.76. The van der Waals surface area contributed by atoms with Crippen LogP contribution in [0.25, 0.3) is 5.69 Å². The topological polar surface area (TPSA) is 107 Å². The number of rotatable bonds is 4. The van der Waals surface area contributed by atoms with Crippen LogP contribution in [0.15, 0.2) is 35.5 Å². The first kappa shape index (κ1) is 15.6. The second kappa shape index (κ2) is 5.73. The predicted octanol–water partition coefficient (Wildman–Crippen LogP) is 1.05. The molecule has 1 aromatic heterocycles. The Balaban J connectivity index is 1.85. The van der Waals surface area contributed by atoms with Gasteiger partial charge in [0.05, 0.1) is 10.6 Å². The second-order valence-electron chi connectivity index (χ2n) is 5.95. The van der Waals surface area contributed by atoms with E-state index in [1.165, 1.54) is 23.1 Å². The molecule has 2 aromatic rings. The first-order valence-electron chi connectivity index (χ1n) is 7.31. The number of sulfonamides is 1. The summed E-state index contributed by atoms with van der Waals surface area (Å²) in [6.07, 6.45) is 4.67. The number of aromatic nitrogens is 4. The molecule has 1 N–H and O–H groups in total. The Hall–Kier alpha value is -2.29. The summed E-state index contributed by atoms with van der Waals surface area (Å²) in [7, 11) is -3.93. The minimum atomic E-state index is -3.93. The van der Waals surface area contributed by atoms with E-state index in [9.17, 15) is 13.2 Å². The molecule has 0 atom stereocenters. The van der Waals surface area contributed by atoms with Gasteiger partial charge in [0.15, 0.2) is 0 Å². The number of carbonyl (C=O) groups excluding carboxylic acids is 1. The maximum absolute atomic E-state index is 12.5. The van der Waals surface area contributed by atoms with Crippen molar-refractivity contribution < 1.29 is 13.2 Å². The van der Waals surface area contributed by atoms with Gasteiger partial charge in [0.25, 0.3) is 10.0 Å². The quantitative estimate of drug-likeness (QED) is 0.895. The molecule has 122 valence electrons. The highest BCUT2D eigenvalue weighted by Crippen LogP contribution is 2.37. The third-order valence-corrected chi connectivity index (χ3v) is 5.55. The van der Waals surface area contributed by atoms with Crippen LogP contribution in [0.4, 0.5) is 0 Å². The van der Waals surface area contributed by atoms with E-state index in [1.807, 2.05) is 6.92 Å². The Morgan fingerprint density at radius 1 is 1.30 bits per heavy atom. The van der Waals surface area contributed by atoms with E-state index in [0.717, 1.165) is 12.8 Å². The van der Waals surface area contributed by atoms with E-state index in [-0.39, 0.29) is 4.90 Å². The zero-order valence-corrected chi connectivity index (χ0v) is 13.5. The Labute approximate surface area is 133 Å². The number of hydrogen-bond acceptors (Lipinski definition) is 6. The molecular weight excluding hydrogens is 318 g/mol. The first-order valence-corrected chi connectivity index (χ1v) is 8.80. The number of amides is 1. The summed E-state index contributed by atoms with van der Waals surface area (Å²) < 4.78 is 28.5. The van der Waals surface area contributed by atoms with E-state index < -0.39 is 21.3 Å². The molecule has 0 unspecified atom stereocenters. The Kier molecular flexibility index (Phi) is 3.88. The zero-order valence-electron chi connectivity index (χ0n) is 12.6. The zero-order chi connectivity index (χ0) is 16.5. The van der Waals surface area contributed by atoms with Gasteiger partial charge in [-0.05, 0) is 41.5 Å². The summed E-state index contributed by atoms with van der Waals surface area (Å²) >= 11 is 0. The number of nitrogens with zero attached hydrogens (tertiary/aromatic N) is 4. The van der Waals surface area contributed by atoms with E-state index in [0.29, 0.717) is 18.5 Å². The minimum absolute atomic E-state index is 0.000414. The minimum Gasteiger partial charge on any atom is -0.273 e. The van der Waals surface area contributed by atoms with Gasteiger partial charge in [-0.25, -0.2) is 17.8 Å². The SMILES string of the molecule is CC1(C(=O)NS(=O)(=O)c2cccc(-n3cnnn3)c2)CCCC1. The summed E-state index contributed by atoms with van der Waals surface area (Å²) in [5, 5.41) is 10.7. The van der Waals surface area contributed by atoms with E-state index in [2.05, 4.69) is 20.2 Å². The van der Waals surface area contributed by atoms with Gasteiger partial charge in [-0.2, -0.15) is 0 Å². The van der Waals surface area contributed by atoms with Gasteiger partial charge in [-0.3, -0.25) is 4.79 Å². The number of nitrogens with one attached hydrogen (secondary N) is 1. The van der Waals surface area contributed by atoms with Crippen molar-refractivity contribution in [3.8, 4) is 5.69 Å². The van der Waals surface area contributed by atoms with Gasteiger partial charge in [-0.1, -0.05) is 25.8 Å². The molecule has 1 heterocycles. The van der Waals surface area contributed by atoms with E-state index >= 15 is 0 Å². The van der Waals surface area contributed by atoms with Gasteiger partial charge < -0.3 is 0 Å². The highest BCUT2D eigenvalue weighted by Gasteiger charge is 2.38. The standard InChI is InChI=1S/C14H17N5O3S/c1-14(7-2-3-8-14)13(20)16-23(21,22)12-6-4-5-11(9-12)19-10-15-17-18-19/h4-6,9-10H,2-3,7-8H2,1H3,(H,16,20). The van der Waals surface area contributed by atoms with E-state index in [1.54, 1.807) is 12.1 Å². The molecule has 0 spiro atoms. The van der Waals surface area contributed by atoms with Gasteiger partial charge >= 0.3 is 0 Å². The fourth-order valence-corrected chi connectivity index (χ4v) is 3.90. The predicted molar refractivity (Wildman–Crippen MR) is 81.1 cm³/mol. The lowest BCUT2D eigenvalue weighted by Crippen LogP contribution is -2.40. The molecule has 23 heavy (non-hydrogen) atoms. The molecule has 0 aliphatic heterocycles. The normalized spacial score (nSPS) is 17.1. The largest absolute Gasteiger partial charge is 0.273 e. The highest BCUT2D eigenvalue weighted by atomic mass is 32.2. The number of carbonyl (C=O) groups is 1. The van der Waals surface area contributed by atoms with Crippen LogP contribution in [0.5, 0.6) is 0 Å². The number of hydrogen-bond donors (Lipinski definition) is 1. The number of benzene rings is 1. The van der Waals surface area contributed by atoms with Crippen molar-refractivity contribution in [1.29, 1.82) is 0 Å². The van der Waals surface area contributed by atoms with Crippen molar-refractivity contribution in [2.45, 2.75) is 37.5 Å². The Morgan fingerprint density at radius 2 is 2.04 bits per heavy atom. The maximum atomic E-state index is 12.5.